The maximum Gasteiger partial charge on any atom is 0.231 e. The van der Waals surface area contributed by atoms with Crippen molar-refractivity contribution >= 4 is 10.9 Å². The van der Waals surface area contributed by atoms with Gasteiger partial charge in [0.1, 0.15) is 0 Å². The molecule has 0 saturated carbocycles. The molecule has 1 unspecified atom stereocenters. The first-order chi connectivity index (χ1) is 13.9. The van der Waals surface area contributed by atoms with Crippen LogP contribution in [0.3, 0.4) is 0 Å². The Kier molecular flexibility index (Phi) is 4.79. The summed E-state index contributed by atoms with van der Waals surface area (Å²) in [5.41, 5.74) is 3.92. The van der Waals surface area contributed by atoms with Gasteiger partial charge in [-0.15, -0.1) is 0 Å². The lowest BCUT2D eigenvalue weighted by molar-refractivity contribution is 0.174. The molecule has 2 aromatic carbocycles. The Hall–Kier alpha value is -2.72. The third-order valence-electron chi connectivity index (χ3n) is 5.85. The quantitative estimate of drug-likeness (QED) is 0.494. The van der Waals surface area contributed by atoms with Crippen molar-refractivity contribution in [1.29, 1.82) is 0 Å². The first-order valence-corrected chi connectivity index (χ1v) is 10.2. The van der Waals surface area contributed by atoms with Crippen molar-refractivity contribution in [3.8, 4) is 11.5 Å². The van der Waals surface area contributed by atoms with Crippen molar-refractivity contribution in [3.63, 3.8) is 0 Å². The summed E-state index contributed by atoms with van der Waals surface area (Å²) >= 11 is 0. The van der Waals surface area contributed by atoms with Crippen LogP contribution in [0.4, 0.5) is 0 Å². The number of aromatic amines is 1. The van der Waals surface area contributed by atoms with Gasteiger partial charge < -0.3 is 14.5 Å². The molecule has 28 heavy (non-hydrogen) atoms. The maximum absolute atomic E-state index is 5.53. The average molecular weight is 374 g/mol. The molecule has 0 spiro atoms. The molecule has 1 N–H and O–H groups in total. The molecular weight excluding hydrogens is 348 g/mol. The Labute approximate surface area is 165 Å². The molecule has 1 aromatic heterocycles. The number of hydrogen-bond donors (Lipinski definition) is 1. The van der Waals surface area contributed by atoms with E-state index in [1.807, 2.05) is 6.07 Å². The predicted molar refractivity (Wildman–Crippen MR) is 112 cm³/mol. The van der Waals surface area contributed by atoms with Crippen LogP contribution in [0.2, 0.25) is 0 Å². The van der Waals surface area contributed by atoms with Crippen molar-refractivity contribution in [2.24, 2.45) is 0 Å². The molecule has 144 valence electrons. The van der Waals surface area contributed by atoms with Crippen molar-refractivity contribution in [2.75, 3.05) is 26.4 Å². The van der Waals surface area contributed by atoms with Crippen molar-refractivity contribution < 1.29 is 9.47 Å². The number of aryl methyl sites for hydroxylation is 1. The highest BCUT2D eigenvalue weighted by molar-refractivity contribution is 5.86. The van der Waals surface area contributed by atoms with Crippen LogP contribution in [-0.2, 0) is 6.42 Å². The fraction of sp³-hybridized carbons (Fsp3) is 0.333. The van der Waals surface area contributed by atoms with Crippen LogP contribution in [0.1, 0.15) is 29.9 Å². The lowest BCUT2D eigenvalue weighted by Crippen LogP contribution is -2.32. The Balaban J connectivity index is 1.15. The fourth-order valence-electron chi connectivity index (χ4n) is 4.31. The van der Waals surface area contributed by atoms with Crippen LogP contribution in [-0.4, -0.2) is 36.3 Å². The Morgan fingerprint density at radius 3 is 2.79 bits per heavy atom. The number of H-pyrrole nitrogens is 1. The highest BCUT2D eigenvalue weighted by Gasteiger charge is 2.18. The van der Waals surface area contributed by atoms with E-state index in [1.54, 1.807) is 0 Å². The number of rotatable bonds is 6. The van der Waals surface area contributed by atoms with Gasteiger partial charge in [0.05, 0.1) is 0 Å². The standard InChI is InChI=1S/C24H26N2O2/c1-2-7-18(8-3-1)20-10-6-12-26(16-20)11-5-4-9-19-15-25-22-14-24-23(13-21(19)22)27-17-28-24/h1-3,6-8,10,13-15,20,25H,4-5,9,11-12,16-17H2. The van der Waals surface area contributed by atoms with Crippen molar-refractivity contribution in [2.45, 2.75) is 25.2 Å². The molecular formula is C24H26N2O2. The molecule has 0 radical (unpaired) electrons. The van der Waals surface area contributed by atoms with Gasteiger partial charge in [0.15, 0.2) is 11.5 Å². The molecule has 4 heteroatoms. The van der Waals surface area contributed by atoms with E-state index in [0.717, 1.165) is 43.1 Å². The highest BCUT2D eigenvalue weighted by atomic mass is 16.7. The van der Waals surface area contributed by atoms with E-state index in [0.29, 0.717) is 12.7 Å². The molecule has 0 bridgehead atoms. The monoisotopic (exact) mass is 374 g/mol. The summed E-state index contributed by atoms with van der Waals surface area (Å²) in [4.78, 5) is 5.95. The summed E-state index contributed by atoms with van der Waals surface area (Å²) in [6.07, 6.45) is 10.3. The minimum absolute atomic E-state index is 0.325. The topological polar surface area (TPSA) is 37.5 Å². The summed E-state index contributed by atoms with van der Waals surface area (Å²) in [6, 6.07) is 15.0. The third-order valence-corrected chi connectivity index (χ3v) is 5.85. The molecule has 4 nitrogen and oxygen atoms in total. The van der Waals surface area contributed by atoms with Crippen LogP contribution >= 0.6 is 0 Å². The lowest BCUT2D eigenvalue weighted by Gasteiger charge is -2.29. The van der Waals surface area contributed by atoms with E-state index in [-0.39, 0.29) is 0 Å². The van der Waals surface area contributed by atoms with Crippen LogP contribution in [0.5, 0.6) is 11.5 Å². The molecule has 0 saturated heterocycles. The zero-order chi connectivity index (χ0) is 18.8. The summed E-state index contributed by atoms with van der Waals surface area (Å²) in [5.74, 6) is 2.22. The van der Waals surface area contributed by atoms with Gasteiger partial charge in [-0.25, -0.2) is 0 Å². The molecule has 5 rings (SSSR count). The smallest absolute Gasteiger partial charge is 0.231 e. The molecule has 3 aromatic rings. The van der Waals surface area contributed by atoms with Gasteiger partial charge in [-0.1, -0.05) is 42.5 Å². The SMILES string of the molecule is C1=CC(c2ccccc2)CN(CCCCc2c[nH]c3cc4c(cc23)OCO4)C1. The number of benzene rings is 2. The van der Waals surface area contributed by atoms with Crippen LogP contribution < -0.4 is 9.47 Å². The van der Waals surface area contributed by atoms with Crippen molar-refractivity contribution in [1.82, 2.24) is 9.88 Å². The largest absolute Gasteiger partial charge is 0.454 e. The summed E-state index contributed by atoms with van der Waals surface area (Å²) in [5, 5.41) is 1.26. The van der Waals surface area contributed by atoms with Gasteiger partial charge in [0.25, 0.3) is 0 Å². The number of nitrogens with one attached hydrogen (secondary N) is 1. The summed E-state index contributed by atoms with van der Waals surface area (Å²) < 4.78 is 11.0. The van der Waals surface area contributed by atoms with E-state index in [1.165, 1.54) is 29.4 Å². The zero-order valence-electron chi connectivity index (χ0n) is 16.1. The molecule has 2 aliphatic heterocycles. The number of ether oxygens (including phenoxy) is 2. The molecule has 0 amide bonds. The normalized spacial score (nSPS) is 18.8. The summed E-state index contributed by atoms with van der Waals surface area (Å²) in [7, 11) is 0. The first kappa shape index (κ1) is 17.4. The second kappa shape index (κ2) is 7.72. The Bertz CT molecular complexity index is 977. The van der Waals surface area contributed by atoms with Crippen LogP contribution in [0, 0.1) is 0 Å². The second-order valence-corrected chi connectivity index (χ2v) is 7.73. The van der Waals surface area contributed by atoms with Crippen LogP contribution in [0.25, 0.3) is 10.9 Å². The van der Waals surface area contributed by atoms with Gasteiger partial charge >= 0.3 is 0 Å². The maximum atomic E-state index is 5.53. The molecule has 0 fully saturated rings. The number of hydrogen-bond acceptors (Lipinski definition) is 3. The number of nitrogens with zero attached hydrogens (tertiary/aromatic N) is 1. The number of unbranched alkanes of at least 4 members (excludes halogenated alkanes) is 1. The fourth-order valence-corrected chi connectivity index (χ4v) is 4.31. The van der Waals surface area contributed by atoms with Gasteiger partial charge in [-0.05, 0) is 43.0 Å². The van der Waals surface area contributed by atoms with Gasteiger partial charge in [0.2, 0.25) is 6.79 Å². The summed E-state index contributed by atoms with van der Waals surface area (Å²) in [6.45, 7) is 3.67. The Morgan fingerprint density at radius 2 is 1.89 bits per heavy atom. The number of aromatic nitrogens is 1. The molecule has 3 heterocycles. The molecule has 0 aliphatic carbocycles. The van der Waals surface area contributed by atoms with E-state index < -0.39 is 0 Å². The lowest BCUT2D eigenvalue weighted by atomic mass is 9.95. The molecule has 2 aliphatic rings. The van der Waals surface area contributed by atoms with Crippen molar-refractivity contribution in [3.05, 3.63) is 71.9 Å². The molecule has 1 atom stereocenters. The van der Waals surface area contributed by atoms with Gasteiger partial charge in [-0.2, -0.15) is 0 Å². The zero-order valence-corrected chi connectivity index (χ0v) is 16.1. The average Bonchev–Trinajstić information content (AvgIpc) is 3.37. The predicted octanol–water partition coefficient (Wildman–Crippen LogP) is 4.87. The van der Waals surface area contributed by atoms with Crippen LogP contribution in [0.15, 0.2) is 60.8 Å². The van der Waals surface area contributed by atoms with Gasteiger partial charge in [0, 0.05) is 42.2 Å². The minimum Gasteiger partial charge on any atom is -0.454 e. The first-order valence-electron chi connectivity index (χ1n) is 10.2. The van der Waals surface area contributed by atoms with E-state index in [9.17, 15) is 0 Å². The van der Waals surface area contributed by atoms with E-state index in [2.05, 4.69) is 64.6 Å². The number of fused-ring (bicyclic) bond motifs is 2. The minimum atomic E-state index is 0.325. The van der Waals surface area contributed by atoms with E-state index in [4.69, 9.17) is 9.47 Å². The van der Waals surface area contributed by atoms with Gasteiger partial charge in [-0.3, -0.25) is 4.90 Å². The third kappa shape index (κ3) is 3.52. The Morgan fingerprint density at radius 1 is 1.04 bits per heavy atom. The van der Waals surface area contributed by atoms with E-state index >= 15 is 0 Å². The second-order valence-electron chi connectivity index (χ2n) is 7.73. The highest BCUT2D eigenvalue weighted by Crippen LogP contribution is 2.37.